The first-order valence-corrected chi connectivity index (χ1v) is 8.80. The molecule has 0 fully saturated rings. The van der Waals surface area contributed by atoms with E-state index in [9.17, 15) is 13.2 Å². The summed E-state index contributed by atoms with van der Waals surface area (Å²) in [5.74, 6) is 0.454. The number of furan rings is 1. The summed E-state index contributed by atoms with van der Waals surface area (Å²) in [5.41, 5.74) is 3.56. The molecule has 1 heterocycles. The molecule has 1 aromatic carbocycles. The number of hydrogen-bond donors (Lipinski definition) is 2. The van der Waals surface area contributed by atoms with E-state index in [4.69, 9.17) is 4.42 Å². The molecule has 7 heteroatoms. The normalized spacial score (nSPS) is 11.4. The van der Waals surface area contributed by atoms with Crippen molar-refractivity contribution < 1.29 is 17.6 Å². The zero-order chi connectivity index (χ0) is 17.0. The largest absolute Gasteiger partial charge is 0.466 e. The van der Waals surface area contributed by atoms with Gasteiger partial charge in [0.15, 0.2) is 0 Å². The third-order valence-corrected chi connectivity index (χ3v) is 4.62. The van der Waals surface area contributed by atoms with E-state index in [1.165, 1.54) is 12.1 Å². The first-order valence-electron chi connectivity index (χ1n) is 7.31. The number of hydrazine groups is 1. The molecule has 1 amide bonds. The van der Waals surface area contributed by atoms with E-state index in [2.05, 4.69) is 17.2 Å². The number of sulfonamides is 1. The fourth-order valence-electron chi connectivity index (χ4n) is 2.22. The van der Waals surface area contributed by atoms with Gasteiger partial charge in [-0.05, 0) is 44.0 Å². The fourth-order valence-corrected chi connectivity index (χ4v) is 3.06. The van der Waals surface area contributed by atoms with Gasteiger partial charge in [-0.15, -0.1) is 4.83 Å². The van der Waals surface area contributed by atoms with E-state index >= 15 is 0 Å². The van der Waals surface area contributed by atoms with Gasteiger partial charge >= 0.3 is 0 Å². The average molecular weight is 336 g/mol. The van der Waals surface area contributed by atoms with E-state index < -0.39 is 15.9 Å². The quantitative estimate of drug-likeness (QED) is 0.793. The lowest BCUT2D eigenvalue weighted by atomic mass is 10.1. The predicted octanol–water partition coefficient (Wildman–Crippen LogP) is 2.47. The van der Waals surface area contributed by atoms with Crippen molar-refractivity contribution in [2.45, 2.75) is 38.5 Å². The molecule has 124 valence electrons. The lowest BCUT2D eigenvalue weighted by molar-refractivity contribution is 0.0943. The van der Waals surface area contributed by atoms with E-state index in [1.54, 1.807) is 32.0 Å². The van der Waals surface area contributed by atoms with Crippen LogP contribution in [0.5, 0.6) is 0 Å². The Kier molecular flexibility index (Phi) is 5.23. The lowest BCUT2D eigenvalue weighted by Gasteiger charge is -2.08. The number of carbonyl (C=O) groups excluding carboxylic acids is 1. The van der Waals surface area contributed by atoms with Gasteiger partial charge in [0, 0.05) is 0 Å². The van der Waals surface area contributed by atoms with Crippen LogP contribution in [0.1, 0.15) is 40.8 Å². The van der Waals surface area contributed by atoms with Crippen molar-refractivity contribution in [3.63, 3.8) is 0 Å². The first-order chi connectivity index (χ1) is 10.8. The highest BCUT2D eigenvalue weighted by atomic mass is 32.2. The Hall–Kier alpha value is -2.12. The molecule has 0 unspecified atom stereocenters. The molecule has 0 radical (unpaired) electrons. The molecule has 0 atom stereocenters. The van der Waals surface area contributed by atoms with E-state index in [0.717, 1.165) is 18.4 Å². The second-order valence-corrected chi connectivity index (χ2v) is 6.96. The van der Waals surface area contributed by atoms with Gasteiger partial charge in [0.25, 0.3) is 15.9 Å². The Labute approximate surface area is 135 Å². The molecule has 0 aliphatic heterocycles. The third kappa shape index (κ3) is 4.20. The van der Waals surface area contributed by atoms with Crippen LogP contribution in [0.3, 0.4) is 0 Å². The van der Waals surface area contributed by atoms with E-state index in [1.807, 2.05) is 0 Å². The minimum Gasteiger partial charge on any atom is -0.466 e. The number of benzene rings is 1. The number of aryl methyl sites for hydroxylation is 3. The van der Waals surface area contributed by atoms with Crippen LogP contribution in [-0.2, 0) is 16.4 Å². The Bertz CT molecular complexity index is 792. The number of hydrogen-bond acceptors (Lipinski definition) is 4. The number of carbonyl (C=O) groups is 1. The monoisotopic (exact) mass is 336 g/mol. The fraction of sp³-hybridized carbons (Fsp3) is 0.312. The van der Waals surface area contributed by atoms with Crippen molar-refractivity contribution in [2.75, 3.05) is 0 Å². The number of rotatable bonds is 6. The Morgan fingerprint density at radius 3 is 2.35 bits per heavy atom. The molecule has 0 spiro atoms. The maximum Gasteiger partial charge on any atom is 0.269 e. The molecule has 1 aromatic heterocycles. The molecule has 6 nitrogen and oxygen atoms in total. The summed E-state index contributed by atoms with van der Waals surface area (Å²) in [6.07, 6.45) is 1.88. The third-order valence-electron chi connectivity index (χ3n) is 3.36. The van der Waals surface area contributed by atoms with E-state index in [-0.39, 0.29) is 4.90 Å². The van der Waals surface area contributed by atoms with Crippen molar-refractivity contribution in [1.82, 2.24) is 10.3 Å². The Morgan fingerprint density at radius 1 is 1.17 bits per heavy atom. The number of nitrogens with one attached hydrogen (secondary N) is 2. The van der Waals surface area contributed by atoms with Crippen molar-refractivity contribution in [3.05, 3.63) is 53.0 Å². The molecule has 0 aliphatic carbocycles. The van der Waals surface area contributed by atoms with Crippen molar-refractivity contribution >= 4 is 15.9 Å². The van der Waals surface area contributed by atoms with Gasteiger partial charge in [0.1, 0.15) is 11.5 Å². The standard InChI is InChI=1S/C16H20N2O4S/c1-4-5-13-6-8-14(9-7-13)23(20,21)18-17-16(19)15-10-11(2)22-12(15)3/h6-10,18H,4-5H2,1-3H3,(H,17,19). The maximum absolute atomic E-state index is 12.2. The van der Waals surface area contributed by atoms with Crippen molar-refractivity contribution in [3.8, 4) is 0 Å². The van der Waals surface area contributed by atoms with Gasteiger partial charge in [0.2, 0.25) is 0 Å². The lowest BCUT2D eigenvalue weighted by Crippen LogP contribution is -2.41. The summed E-state index contributed by atoms with van der Waals surface area (Å²) in [5, 5.41) is 0. The molecular weight excluding hydrogens is 316 g/mol. The Morgan fingerprint density at radius 2 is 1.83 bits per heavy atom. The van der Waals surface area contributed by atoms with Crippen LogP contribution in [0, 0.1) is 13.8 Å². The first kappa shape index (κ1) is 17.2. The zero-order valence-electron chi connectivity index (χ0n) is 13.3. The highest BCUT2D eigenvalue weighted by Gasteiger charge is 2.18. The maximum atomic E-state index is 12.2. The molecule has 2 N–H and O–H groups in total. The summed E-state index contributed by atoms with van der Waals surface area (Å²) < 4.78 is 29.6. The summed E-state index contributed by atoms with van der Waals surface area (Å²) in [7, 11) is -3.81. The summed E-state index contributed by atoms with van der Waals surface area (Å²) in [6, 6.07) is 8.13. The van der Waals surface area contributed by atoms with Gasteiger partial charge in [-0.1, -0.05) is 25.5 Å². The zero-order valence-corrected chi connectivity index (χ0v) is 14.2. The number of amides is 1. The molecule has 2 rings (SSSR count). The molecule has 23 heavy (non-hydrogen) atoms. The van der Waals surface area contributed by atoms with Gasteiger partial charge in [-0.3, -0.25) is 10.2 Å². The molecule has 0 bridgehead atoms. The second kappa shape index (κ2) is 6.97. The smallest absolute Gasteiger partial charge is 0.269 e. The topological polar surface area (TPSA) is 88.4 Å². The Balaban J connectivity index is 2.06. The van der Waals surface area contributed by atoms with Crippen LogP contribution in [0.2, 0.25) is 0 Å². The molecule has 2 aromatic rings. The van der Waals surface area contributed by atoms with Crippen LogP contribution in [0.25, 0.3) is 0 Å². The summed E-state index contributed by atoms with van der Waals surface area (Å²) in [6.45, 7) is 5.41. The van der Waals surface area contributed by atoms with Gasteiger partial charge in [0.05, 0.1) is 10.5 Å². The van der Waals surface area contributed by atoms with E-state index in [0.29, 0.717) is 17.1 Å². The van der Waals surface area contributed by atoms with Crippen molar-refractivity contribution in [1.29, 1.82) is 0 Å². The minimum absolute atomic E-state index is 0.0951. The second-order valence-electron chi connectivity index (χ2n) is 5.28. The van der Waals surface area contributed by atoms with Gasteiger partial charge < -0.3 is 4.42 Å². The molecule has 0 saturated heterocycles. The van der Waals surface area contributed by atoms with Crippen LogP contribution in [0.15, 0.2) is 39.6 Å². The van der Waals surface area contributed by atoms with Crippen LogP contribution in [-0.4, -0.2) is 14.3 Å². The highest BCUT2D eigenvalue weighted by molar-refractivity contribution is 7.89. The highest BCUT2D eigenvalue weighted by Crippen LogP contribution is 2.14. The molecule has 0 aliphatic rings. The SMILES string of the molecule is CCCc1ccc(S(=O)(=O)NNC(=O)c2cc(C)oc2C)cc1. The van der Waals surface area contributed by atoms with Crippen LogP contribution < -0.4 is 10.3 Å². The van der Waals surface area contributed by atoms with Gasteiger partial charge in [-0.2, -0.15) is 0 Å². The predicted molar refractivity (Wildman–Crippen MR) is 86.4 cm³/mol. The summed E-state index contributed by atoms with van der Waals surface area (Å²) in [4.78, 5) is 14.2. The molecular formula is C16H20N2O4S. The van der Waals surface area contributed by atoms with Crippen molar-refractivity contribution in [2.24, 2.45) is 0 Å². The van der Waals surface area contributed by atoms with Gasteiger partial charge in [-0.25, -0.2) is 8.42 Å². The average Bonchev–Trinajstić information content (AvgIpc) is 2.84. The minimum atomic E-state index is -3.81. The summed E-state index contributed by atoms with van der Waals surface area (Å²) >= 11 is 0. The van der Waals surface area contributed by atoms with Crippen LogP contribution >= 0.6 is 0 Å². The molecule has 0 saturated carbocycles. The van der Waals surface area contributed by atoms with Crippen LogP contribution in [0.4, 0.5) is 0 Å².